The fourth-order valence-electron chi connectivity index (χ4n) is 1.32. The van der Waals surface area contributed by atoms with Gasteiger partial charge in [-0.2, -0.15) is 0 Å². The van der Waals surface area contributed by atoms with Gasteiger partial charge in [-0.3, -0.25) is 4.79 Å². The van der Waals surface area contributed by atoms with Gasteiger partial charge in [-0.15, -0.1) is 0 Å². The Bertz CT molecular complexity index is 479. The van der Waals surface area contributed by atoms with Crippen LogP contribution in [0.1, 0.15) is 17.3 Å². The SMILES string of the molecule is CC(=O)c1ccc(Nc2cncnc2)cc1. The van der Waals surface area contributed by atoms with Gasteiger partial charge in [0, 0.05) is 11.3 Å². The Labute approximate surface area is 93.4 Å². The quantitative estimate of drug-likeness (QED) is 0.795. The maximum atomic E-state index is 11.1. The van der Waals surface area contributed by atoms with E-state index in [9.17, 15) is 4.79 Å². The van der Waals surface area contributed by atoms with E-state index in [4.69, 9.17) is 0 Å². The molecule has 0 aliphatic heterocycles. The Kier molecular flexibility index (Phi) is 2.91. The summed E-state index contributed by atoms with van der Waals surface area (Å²) in [6, 6.07) is 7.27. The fourth-order valence-corrected chi connectivity index (χ4v) is 1.32. The number of ketones is 1. The maximum absolute atomic E-state index is 11.1. The van der Waals surface area contributed by atoms with Gasteiger partial charge in [0.15, 0.2) is 5.78 Å². The zero-order valence-corrected chi connectivity index (χ0v) is 8.84. The first kappa shape index (κ1) is 10.3. The molecule has 0 unspecified atom stereocenters. The molecule has 1 heterocycles. The monoisotopic (exact) mass is 213 g/mol. The Morgan fingerprint density at radius 2 is 1.69 bits per heavy atom. The topological polar surface area (TPSA) is 54.9 Å². The molecule has 0 amide bonds. The molecular formula is C12H11N3O. The minimum Gasteiger partial charge on any atom is -0.353 e. The molecule has 0 spiro atoms. The number of hydrogen-bond donors (Lipinski definition) is 1. The van der Waals surface area contributed by atoms with Crippen LogP contribution in [-0.2, 0) is 0 Å². The molecule has 0 fully saturated rings. The Morgan fingerprint density at radius 3 is 2.25 bits per heavy atom. The molecular weight excluding hydrogens is 202 g/mol. The molecule has 2 aromatic rings. The summed E-state index contributed by atoms with van der Waals surface area (Å²) in [4.78, 5) is 18.9. The van der Waals surface area contributed by atoms with Gasteiger partial charge in [-0.1, -0.05) is 0 Å². The van der Waals surface area contributed by atoms with Crippen molar-refractivity contribution in [2.45, 2.75) is 6.92 Å². The summed E-state index contributed by atoms with van der Waals surface area (Å²) in [6.45, 7) is 1.55. The van der Waals surface area contributed by atoms with Crippen molar-refractivity contribution in [1.82, 2.24) is 9.97 Å². The van der Waals surface area contributed by atoms with Gasteiger partial charge in [-0.25, -0.2) is 9.97 Å². The molecule has 16 heavy (non-hydrogen) atoms. The van der Waals surface area contributed by atoms with Crippen LogP contribution in [0.15, 0.2) is 43.0 Å². The van der Waals surface area contributed by atoms with Crippen molar-refractivity contribution in [2.24, 2.45) is 0 Å². The average molecular weight is 213 g/mol. The second-order valence-corrected chi connectivity index (χ2v) is 3.39. The molecule has 0 saturated carbocycles. The lowest BCUT2D eigenvalue weighted by Crippen LogP contribution is -1.94. The van der Waals surface area contributed by atoms with Crippen LogP contribution in [0.5, 0.6) is 0 Å². The molecule has 0 bridgehead atoms. The van der Waals surface area contributed by atoms with Crippen LogP contribution < -0.4 is 5.32 Å². The molecule has 2 rings (SSSR count). The Morgan fingerprint density at radius 1 is 1.06 bits per heavy atom. The number of nitrogens with one attached hydrogen (secondary N) is 1. The van der Waals surface area contributed by atoms with Crippen molar-refractivity contribution < 1.29 is 4.79 Å². The van der Waals surface area contributed by atoms with E-state index in [2.05, 4.69) is 15.3 Å². The number of rotatable bonds is 3. The van der Waals surface area contributed by atoms with Crippen molar-refractivity contribution >= 4 is 17.2 Å². The Hall–Kier alpha value is -2.23. The molecule has 1 aromatic heterocycles. The number of carbonyl (C=O) groups is 1. The van der Waals surface area contributed by atoms with Crippen molar-refractivity contribution in [2.75, 3.05) is 5.32 Å². The molecule has 4 nitrogen and oxygen atoms in total. The summed E-state index contributed by atoms with van der Waals surface area (Å²) in [5.41, 5.74) is 2.42. The smallest absolute Gasteiger partial charge is 0.159 e. The van der Waals surface area contributed by atoms with Crippen molar-refractivity contribution in [3.05, 3.63) is 48.5 Å². The maximum Gasteiger partial charge on any atom is 0.159 e. The largest absolute Gasteiger partial charge is 0.353 e. The van der Waals surface area contributed by atoms with Crippen LogP contribution in [0, 0.1) is 0 Å². The number of aromatic nitrogens is 2. The van der Waals surface area contributed by atoms with E-state index in [1.165, 1.54) is 6.33 Å². The number of nitrogens with zero attached hydrogens (tertiary/aromatic N) is 2. The predicted molar refractivity (Wildman–Crippen MR) is 61.8 cm³/mol. The summed E-state index contributed by atoms with van der Waals surface area (Å²) in [5.74, 6) is 0.0644. The van der Waals surface area contributed by atoms with Gasteiger partial charge in [0.1, 0.15) is 6.33 Å². The predicted octanol–water partition coefficient (Wildman–Crippen LogP) is 2.42. The molecule has 4 heteroatoms. The Balaban J connectivity index is 2.14. The zero-order valence-electron chi connectivity index (χ0n) is 8.84. The minimum absolute atomic E-state index is 0.0644. The molecule has 0 aliphatic carbocycles. The van der Waals surface area contributed by atoms with E-state index >= 15 is 0 Å². The third kappa shape index (κ3) is 2.42. The van der Waals surface area contributed by atoms with Gasteiger partial charge in [0.05, 0.1) is 18.1 Å². The van der Waals surface area contributed by atoms with E-state index < -0.39 is 0 Å². The van der Waals surface area contributed by atoms with Crippen LogP contribution in [-0.4, -0.2) is 15.8 Å². The van der Waals surface area contributed by atoms with E-state index in [1.807, 2.05) is 12.1 Å². The first-order valence-electron chi connectivity index (χ1n) is 4.89. The second kappa shape index (κ2) is 4.53. The summed E-state index contributed by atoms with van der Waals surface area (Å²) in [7, 11) is 0. The lowest BCUT2D eigenvalue weighted by atomic mass is 10.1. The third-order valence-electron chi connectivity index (χ3n) is 2.14. The summed E-state index contributed by atoms with van der Waals surface area (Å²) < 4.78 is 0. The van der Waals surface area contributed by atoms with Crippen LogP contribution in [0.4, 0.5) is 11.4 Å². The number of anilines is 2. The highest BCUT2D eigenvalue weighted by Gasteiger charge is 1.99. The first-order chi connectivity index (χ1) is 7.75. The normalized spacial score (nSPS) is 9.81. The summed E-state index contributed by atoms with van der Waals surface area (Å²) >= 11 is 0. The lowest BCUT2D eigenvalue weighted by Gasteiger charge is -2.05. The van der Waals surface area contributed by atoms with E-state index in [-0.39, 0.29) is 5.78 Å². The highest BCUT2D eigenvalue weighted by molar-refractivity contribution is 5.94. The van der Waals surface area contributed by atoms with E-state index in [0.717, 1.165) is 11.4 Å². The van der Waals surface area contributed by atoms with E-state index in [1.54, 1.807) is 31.5 Å². The molecule has 0 aliphatic rings. The van der Waals surface area contributed by atoms with Crippen LogP contribution in [0.3, 0.4) is 0 Å². The van der Waals surface area contributed by atoms with Crippen LogP contribution >= 0.6 is 0 Å². The minimum atomic E-state index is 0.0644. The number of Topliss-reactive ketones (excluding diaryl/α,β-unsaturated/α-hetero) is 1. The van der Waals surface area contributed by atoms with Crippen molar-refractivity contribution in [3.8, 4) is 0 Å². The zero-order chi connectivity index (χ0) is 11.4. The summed E-state index contributed by atoms with van der Waals surface area (Å²) in [5, 5.41) is 3.13. The van der Waals surface area contributed by atoms with Gasteiger partial charge < -0.3 is 5.32 Å². The molecule has 0 radical (unpaired) electrons. The first-order valence-corrected chi connectivity index (χ1v) is 4.89. The van der Waals surface area contributed by atoms with Crippen LogP contribution in [0.25, 0.3) is 0 Å². The highest BCUT2D eigenvalue weighted by Crippen LogP contribution is 2.15. The standard InChI is InChI=1S/C12H11N3O/c1-9(16)10-2-4-11(5-3-10)15-12-6-13-8-14-7-12/h2-8,15H,1H3. The second-order valence-electron chi connectivity index (χ2n) is 3.39. The van der Waals surface area contributed by atoms with Gasteiger partial charge in [0.25, 0.3) is 0 Å². The number of carbonyl (C=O) groups excluding carboxylic acids is 1. The average Bonchev–Trinajstić information content (AvgIpc) is 2.31. The fraction of sp³-hybridized carbons (Fsp3) is 0.0833. The molecule has 0 saturated heterocycles. The lowest BCUT2D eigenvalue weighted by molar-refractivity contribution is 0.101. The van der Waals surface area contributed by atoms with Gasteiger partial charge >= 0.3 is 0 Å². The van der Waals surface area contributed by atoms with Crippen LogP contribution in [0.2, 0.25) is 0 Å². The number of hydrogen-bond acceptors (Lipinski definition) is 4. The molecule has 1 N–H and O–H groups in total. The van der Waals surface area contributed by atoms with E-state index in [0.29, 0.717) is 5.56 Å². The summed E-state index contributed by atoms with van der Waals surface area (Å²) in [6.07, 6.45) is 4.85. The molecule has 0 atom stereocenters. The van der Waals surface area contributed by atoms with Crippen molar-refractivity contribution in [1.29, 1.82) is 0 Å². The van der Waals surface area contributed by atoms with Gasteiger partial charge in [0.2, 0.25) is 0 Å². The highest BCUT2D eigenvalue weighted by atomic mass is 16.1. The molecule has 1 aromatic carbocycles. The number of benzene rings is 1. The third-order valence-corrected chi connectivity index (χ3v) is 2.14. The van der Waals surface area contributed by atoms with Gasteiger partial charge in [-0.05, 0) is 31.2 Å². The van der Waals surface area contributed by atoms with Crippen molar-refractivity contribution in [3.63, 3.8) is 0 Å². The molecule has 80 valence electrons.